The van der Waals surface area contributed by atoms with Gasteiger partial charge in [-0.1, -0.05) is 66.4 Å². The standard InChI is InChI=1S/C22H23N5O3S/c1-3-13-27-19(25-26-22(27)31-15(2)20(28)24-21(23)29)14-30-18-12-8-7-11-17(18)16-9-5-4-6-10-16/h3-12,15H,1,13-14H2,2H3,(H3,23,24,28,29). The molecule has 8 nitrogen and oxygen atoms in total. The summed E-state index contributed by atoms with van der Waals surface area (Å²) in [6.45, 7) is 6.06. The van der Waals surface area contributed by atoms with Gasteiger partial charge in [0.2, 0.25) is 5.91 Å². The van der Waals surface area contributed by atoms with Crippen molar-refractivity contribution in [3.63, 3.8) is 0 Å². The normalized spacial score (nSPS) is 11.5. The molecule has 1 atom stereocenters. The Bertz CT molecular complexity index is 1070. The number of nitrogens with two attached hydrogens (primary N) is 1. The van der Waals surface area contributed by atoms with Crippen molar-refractivity contribution < 1.29 is 14.3 Å². The molecule has 0 radical (unpaired) electrons. The number of thioether (sulfide) groups is 1. The number of hydrogen-bond acceptors (Lipinski definition) is 6. The third-order valence-electron chi connectivity index (χ3n) is 4.33. The molecular weight excluding hydrogens is 414 g/mol. The summed E-state index contributed by atoms with van der Waals surface area (Å²) in [5.41, 5.74) is 7.04. The summed E-state index contributed by atoms with van der Waals surface area (Å²) in [6.07, 6.45) is 1.71. The highest BCUT2D eigenvalue weighted by molar-refractivity contribution is 8.00. The van der Waals surface area contributed by atoms with Crippen LogP contribution in [0, 0.1) is 0 Å². The molecular formula is C22H23N5O3S. The topological polar surface area (TPSA) is 112 Å². The van der Waals surface area contributed by atoms with Gasteiger partial charge in [0.05, 0.1) is 5.25 Å². The molecule has 3 amide bonds. The summed E-state index contributed by atoms with van der Waals surface area (Å²) < 4.78 is 7.89. The van der Waals surface area contributed by atoms with Gasteiger partial charge in [0.15, 0.2) is 11.0 Å². The molecule has 2 aromatic carbocycles. The highest BCUT2D eigenvalue weighted by atomic mass is 32.2. The average molecular weight is 438 g/mol. The minimum atomic E-state index is -0.892. The van der Waals surface area contributed by atoms with Gasteiger partial charge in [0.25, 0.3) is 0 Å². The number of aromatic nitrogens is 3. The monoisotopic (exact) mass is 437 g/mol. The fourth-order valence-corrected chi connectivity index (χ4v) is 3.73. The first-order valence-corrected chi connectivity index (χ1v) is 10.4. The molecule has 1 heterocycles. The van der Waals surface area contributed by atoms with E-state index in [2.05, 4.69) is 22.1 Å². The maximum absolute atomic E-state index is 12.0. The van der Waals surface area contributed by atoms with Gasteiger partial charge in [-0.2, -0.15) is 0 Å². The summed E-state index contributed by atoms with van der Waals surface area (Å²) in [7, 11) is 0. The first-order chi connectivity index (χ1) is 15.0. The number of imide groups is 1. The third kappa shape index (κ3) is 5.73. The zero-order valence-corrected chi connectivity index (χ0v) is 17.8. The van der Waals surface area contributed by atoms with E-state index in [4.69, 9.17) is 10.5 Å². The van der Waals surface area contributed by atoms with E-state index in [1.54, 1.807) is 13.0 Å². The molecule has 3 rings (SSSR count). The molecule has 0 saturated carbocycles. The first-order valence-electron chi connectivity index (χ1n) is 9.56. The average Bonchev–Trinajstić information content (AvgIpc) is 3.14. The van der Waals surface area contributed by atoms with Crippen LogP contribution in [0.5, 0.6) is 5.75 Å². The van der Waals surface area contributed by atoms with E-state index in [9.17, 15) is 9.59 Å². The quantitative estimate of drug-likeness (QED) is 0.392. The lowest BCUT2D eigenvalue weighted by molar-refractivity contribution is -0.119. The molecule has 31 heavy (non-hydrogen) atoms. The second-order valence-corrected chi connectivity index (χ2v) is 7.87. The summed E-state index contributed by atoms with van der Waals surface area (Å²) >= 11 is 1.17. The number of hydrogen-bond donors (Lipinski definition) is 2. The molecule has 0 aliphatic rings. The van der Waals surface area contributed by atoms with Gasteiger partial charge in [-0.05, 0) is 18.6 Å². The van der Waals surface area contributed by atoms with Crippen molar-refractivity contribution >= 4 is 23.7 Å². The van der Waals surface area contributed by atoms with Crippen molar-refractivity contribution in [1.29, 1.82) is 0 Å². The summed E-state index contributed by atoms with van der Waals surface area (Å²) in [5.74, 6) is 0.818. The number of benzene rings is 2. The Hall–Kier alpha value is -3.59. The number of allylic oxidation sites excluding steroid dienone is 1. The molecule has 9 heteroatoms. The largest absolute Gasteiger partial charge is 0.485 e. The second-order valence-electron chi connectivity index (χ2n) is 6.56. The van der Waals surface area contributed by atoms with E-state index in [1.165, 1.54) is 11.8 Å². The SMILES string of the molecule is C=CCn1c(COc2ccccc2-c2ccccc2)nnc1SC(C)C(=O)NC(N)=O. The fourth-order valence-electron chi connectivity index (χ4n) is 2.85. The van der Waals surface area contributed by atoms with Gasteiger partial charge < -0.3 is 10.5 Å². The van der Waals surface area contributed by atoms with E-state index in [0.717, 1.165) is 16.9 Å². The smallest absolute Gasteiger partial charge is 0.318 e. The molecule has 0 aliphatic carbocycles. The molecule has 3 aromatic rings. The number of rotatable bonds is 9. The van der Waals surface area contributed by atoms with E-state index in [1.807, 2.05) is 59.2 Å². The van der Waals surface area contributed by atoms with Crippen LogP contribution in [-0.4, -0.2) is 32.0 Å². The zero-order valence-electron chi connectivity index (χ0n) is 17.0. The Morgan fingerprint density at radius 2 is 1.90 bits per heavy atom. The maximum Gasteiger partial charge on any atom is 0.318 e. The molecule has 1 aromatic heterocycles. The molecule has 0 saturated heterocycles. The van der Waals surface area contributed by atoms with Crippen molar-refractivity contribution in [1.82, 2.24) is 20.1 Å². The number of amides is 3. The van der Waals surface area contributed by atoms with Crippen molar-refractivity contribution in [3.05, 3.63) is 73.1 Å². The van der Waals surface area contributed by atoms with Gasteiger partial charge >= 0.3 is 6.03 Å². The van der Waals surface area contributed by atoms with E-state index >= 15 is 0 Å². The summed E-state index contributed by atoms with van der Waals surface area (Å²) in [6, 6.07) is 16.9. The minimum Gasteiger partial charge on any atom is -0.485 e. The van der Waals surface area contributed by atoms with Gasteiger partial charge in [0, 0.05) is 12.1 Å². The zero-order chi connectivity index (χ0) is 22.2. The van der Waals surface area contributed by atoms with Crippen LogP contribution >= 0.6 is 11.8 Å². The van der Waals surface area contributed by atoms with Crippen LogP contribution in [0.25, 0.3) is 11.1 Å². The van der Waals surface area contributed by atoms with Crippen LogP contribution in [0.1, 0.15) is 12.7 Å². The lowest BCUT2D eigenvalue weighted by atomic mass is 10.1. The number of urea groups is 1. The number of para-hydroxylation sites is 1. The summed E-state index contributed by atoms with van der Waals surface area (Å²) in [4.78, 5) is 22.9. The molecule has 3 N–H and O–H groups in total. The lowest BCUT2D eigenvalue weighted by Crippen LogP contribution is -2.39. The molecule has 0 bridgehead atoms. The van der Waals surface area contributed by atoms with Crippen molar-refractivity contribution in [2.75, 3.05) is 0 Å². The maximum atomic E-state index is 12.0. The molecule has 1 unspecified atom stereocenters. The predicted molar refractivity (Wildman–Crippen MR) is 119 cm³/mol. The third-order valence-corrected chi connectivity index (χ3v) is 5.41. The van der Waals surface area contributed by atoms with Crippen molar-refractivity contribution in [3.8, 4) is 16.9 Å². The van der Waals surface area contributed by atoms with Gasteiger partial charge in [-0.25, -0.2) is 4.79 Å². The lowest BCUT2D eigenvalue weighted by Gasteiger charge is -2.13. The molecule has 0 spiro atoms. The van der Waals surface area contributed by atoms with Crippen LogP contribution in [0.15, 0.2) is 72.4 Å². The van der Waals surface area contributed by atoms with Gasteiger partial charge in [0.1, 0.15) is 12.4 Å². The number of ether oxygens (including phenoxy) is 1. The Morgan fingerprint density at radius 1 is 1.19 bits per heavy atom. The van der Waals surface area contributed by atoms with E-state index in [-0.39, 0.29) is 6.61 Å². The second kappa shape index (κ2) is 10.4. The van der Waals surface area contributed by atoms with E-state index in [0.29, 0.717) is 17.5 Å². The van der Waals surface area contributed by atoms with E-state index < -0.39 is 17.2 Å². The highest BCUT2D eigenvalue weighted by Crippen LogP contribution is 2.30. The highest BCUT2D eigenvalue weighted by Gasteiger charge is 2.21. The minimum absolute atomic E-state index is 0.188. The first kappa shape index (κ1) is 22.1. The number of primary amides is 1. The Morgan fingerprint density at radius 3 is 2.61 bits per heavy atom. The fraction of sp³-hybridized carbons (Fsp3) is 0.182. The number of carbonyl (C=O) groups excluding carboxylic acids is 2. The molecule has 0 aliphatic heterocycles. The van der Waals surface area contributed by atoms with Crippen molar-refractivity contribution in [2.45, 2.75) is 30.5 Å². The summed E-state index contributed by atoms with van der Waals surface area (Å²) in [5, 5.41) is 10.4. The Labute approximate surface area is 184 Å². The van der Waals surface area contributed by atoms with Gasteiger partial charge in [-0.3, -0.25) is 14.7 Å². The van der Waals surface area contributed by atoms with Crippen molar-refractivity contribution in [2.24, 2.45) is 5.73 Å². The molecule has 160 valence electrons. The number of nitrogens with zero attached hydrogens (tertiary/aromatic N) is 3. The van der Waals surface area contributed by atoms with Crippen LogP contribution < -0.4 is 15.8 Å². The Kier molecular flexibility index (Phi) is 7.45. The van der Waals surface area contributed by atoms with Crippen LogP contribution in [0.3, 0.4) is 0 Å². The number of carbonyl (C=O) groups is 2. The van der Waals surface area contributed by atoms with Crippen LogP contribution in [0.2, 0.25) is 0 Å². The van der Waals surface area contributed by atoms with Crippen LogP contribution in [0.4, 0.5) is 4.79 Å². The van der Waals surface area contributed by atoms with Crippen LogP contribution in [-0.2, 0) is 17.9 Å². The molecule has 0 fully saturated rings. The predicted octanol–water partition coefficient (Wildman–Crippen LogP) is 3.39. The van der Waals surface area contributed by atoms with Gasteiger partial charge in [-0.15, -0.1) is 16.8 Å². The number of nitrogens with one attached hydrogen (secondary N) is 1. The Balaban J connectivity index is 1.77.